The van der Waals surface area contributed by atoms with E-state index >= 15 is 0 Å². The molecule has 4 aromatic rings. The van der Waals surface area contributed by atoms with Crippen LogP contribution in [0.15, 0.2) is 57.7 Å². The van der Waals surface area contributed by atoms with Crippen LogP contribution in [0.2, 0.25) is 0 Å². The number of ether oxygens (including phenoxy) is 2. The lowest BCUT2D eigenvalue weighted by atomic mass is 10.1. The first kappa shape index (κ1) is 20.8. The molecule has 11 heteroatoms. The van der Waals surface area contributed by atoms with Crippen molar-refractivity contribution in [3.05, 3.63) is 58.9 Å². The number of aromatic nitrogens is 4. The number of hydrogen-bond donors (Lipinski definition) is 1. The zero-order chi connectivity index (χ0) is 21.8. The summed E-state index contributed by atoms with van der Waals surface area (Å²) in [5, 5.41) is 15.3. The van der Waals surface area contributed by atoms with Crippen molar-refractivity contribution in [1.29, 1.82) is 0 Å². The first-order chi connectivity index (χ1) is 15.1. The third-order valence-corrected chi connectivity index (χ3v) is 6.27. The molecule has 0 unspecified atom stereocenters. The second-order valence-electron chi connectivity index (χ2n) is 6.21. The molecule has 0 aliphatic rings. The summed E-state index contributed by atoms with van der Waals surface area (Å²) in [5.41, 5.74) is 1.11. The summed E-state index contributed by atoms with van der Waals surface area (Å²) in [6.45, 7) is 0. The van der Waals surface area contributed by atoms with Crippen LogP contribution < -0.4 is 20.3 Å². The molecule has 0 saturated heterocycles. The SMILES string of the molecule is COc1ccc(NC(=O)CSc2nn3c(=O)c(-c4ccc(OC)cc4)nnc3s2)cc1. The van der Waals surface area contributed by atoms with Gasteiger partial charge in [-0.15, -0.1) is 15.3 Å². The van der Waals surface area contributed by atoms with Crippen LogP contribution in [0.4, 0.5) is 5.69 Å². The van der Waals surface area contributed by atoms with Gasteiger partial charge in [-0.2, -0.15) is 4.52 Å². The van der Waals surface area contributed by atoms with E-state index in [0.29, 0.717) is 32.1 Å². The number of methoxy groups -OCH3 is 2. The van der Waals surface area contributed by atoms with Gasteiger partial charge in [-0.25, -0.2) is 0 Å². The minimum Gasteiger partial charge on any atom is -0.497 e. The Bertz CT molecular complexity index is 1270. The first-order valence-electron chi connectivity index (χ1n) is 9.05. The fourth-order valence-corrected chi connectivity index (χ4v) is 4.36. The molecule has 1 amide bonds. The summed E-state index contributed by atoms with van der Waals surface area (Å²) in [4.78, 5) is 25.4. The maximum atomic E-state index is 12.8. The van der Waals surface area contributed by atoms with Crippen molar-refractivity contribution < 1.29 is 14.3 Å². The highest BCUT2D eigenvalue weighted by atomic mass is 32.2. The molecule has 31 heavy (non-hydrogen) atoms. The second-order valence-corrected chi connectivity index (χ2v) is 8.39. The van der Waals surface area contributed by atoms with Gasteiger partial charge in [0.2, 0.25) is 10.9 Å². The van der Waals surface area contributed by atoms with Crippen molar-refractivity contribution in [2.24, 2.45) is 0 Å². The summed E-state index contributed by atoms with van der Waals surface area (Å²) in [7, 11) is 3.15. The predicted octanol–water partition coefficient (Wildman–Crippen LogP) is 2.96. The van der Waals surface area contributed by atoms with Crippen LogP contribution in [0.25, 0.3) is 16.2 Å². The van der Waals surface area contributed by atoms with E-state index in [1.165, 1.54) is 27.6 Å². The molecule has 1 N–H and O–H groups in total. The van der Waals surface area contributed by atoms with Crippen LogP contribution in [0, 0.1) is 0 Å². The zero-order valence-electron chi connectivity index (χ0n) is 16.6. The van der Waals surface area contributed by atoms with E-state index in [1.807, 2.05) is 0 Å². The largest absolute Gasteiger partial charge is 0.497 e. The van der Waals surface area contributed by atoms with Gasteiger partial charge in [0, 0.05) is 11.3 Å². The number of anilines is 1. The summed E-state index contributed by atoms with van der Waals surface area (Å²) in [6, 6.07) is 14.0. The Hall–Kier alpha value is -3.44. The lowest BCUT2D eigenvalue weighted by molar-refractivity contribution is -0.113. The summed E-state index contributed by atoms with van der Waals surface area (Å²) in [6.07, 6.45) is 0. The van der Waals surface area contributed by atoms with Crippen LogP contribution in [0.1, 0.15) is 0 Å². The number of benzene rings is 2. The molecule has 0 aliphatic carbocycles. The molecule has 0 aliphatic heterocycles. The highest BCUT2D eigenvalue weighted by Crippen LogP contribution is 2.24. The Morgan fingerprint density at radius 3 is 2.32 bits per heavy atom. The lowest BCUT2D eigenvalue weighted by Crippen LogP contribution is -2.19. The maximum Gasteiger partial charge on any atom is 0.302 e. The van der Waals surface area contributed by atoms with E-state index in [9.17, 15) is 9.59 Å². The average molecular weight is 456 g/mol. The third-order valence-electron chi connectivity index (χ3n) is 4.24. The smallest absolute Gasteiger partial charge is 0.302 e. The monoisotopic (exact) mass is 455 g/mol. The summed E-state index contributed by atoms with van der Waals surface area (Å²) in [5.74, 6) is 1.34. The summed E-state index contributed by atoms with van der Waals surface area (Å²) < 4.78 is 12.0. The standard InChI is InChI=1S/C20H17N5O4S2/c1-28-14-7-3-12(4-8-14)17-18(27)25-19(23-22-17)31-20(24-25)30-11-16(26)21-13-5-9-15(29-2)10-6-13/h3-10H,11H2,1-2H3,(H,21,26). The van der Waals surface area contributed by atoms with Crippen LogP contribution in [0.3, 0.4) is 0 Å². The summed E-state index contributed by atoms with van der Waals surface area (Å²) >= 11 is 2.42. The third kappa shape index (κ3) is 4.67. The van der Waals surface area contributed by atoms with E-state index in [4.69, 9.17) is 9.47 Å². The van der Waals surface area contributed by atoms with Crippen LogP contribution in [-0.2, 0) is 4.79 Å². The van der Waals surface area contributed by atoms with Gasteiger partial charge in [-0.1, -0.05) is 23.1 Å². The van der Waals surface area contributed by atoms with Gasteiger partial charge in [0.15, 0.2) is 10.0 Å². The van der Waals surface area contributed by atoms with E-state index in [-0.39, 0.29) is 22.9 Å². The average Bonchev–Trinajstić information content (AvgIpc) is 3.23. The van der Waals surface area contributed by atoms with E-state index in [0.717, 1.165) is 0 Å². The molecule has 0 atom stereocenters. The molecule has 0 radical (unpaired) electrons. The second kappa shape index (κ2) is 9.14. The molecular formula is C20H17N5O4S2. The quantitative estimate of drug-likeness (QED) is 0.424. The van der Waals surface area contributed by atoms with Gasteiger partial charge in [0.25, 0.3) is 0 Å². The maximum absolute atomic E-state index is 12.8. The molecule has 0 saturated carbocycles. The number of thioether (sulfide) groups is 1. The molecule has 2 aromatic heterocycles. The molecule has 9 nitrogen and oxygen atoms in total. The number of rotatable bonds is 7. The lowest BCUT2D eigenvalue weighted by Gasteiger charge is -2.05. The van der Waals surface area contributed by atoms with Gasteiger partial charge >= 0.3 is 5.56 Å². The van der Waals surface area contributed by atoms with Crippen molar-refractivity contribution in [2.75, 3.05) is 25.3 Å². The fourth-order valence-electron chi connectivity index (χ4n) is 2.68. The molecule has 158 valence electrons. The van der Waals surface area contributed by atoms with E-state index in [2.05, 4.69) is 20.6 Å². The highest BCUT2D eigenvalue weighted by molar-refractivity contribution is 8.01. The van der Waals surface area contributed by atoms with E-state index in [1.54, 1.807) is 62.8 Å². The van der Waals surface area contributed by atoms with Crippen LogP contribution >= 0.6 is 23.1 Å². The molecule has 2 heterocycles. The minimum absolute atomic E-state index is 0.138. The van der Waals surface area contributed by atoms with Gasteiger partial charge in [-0.05, 0) is 48.5 Å². The number of hydrogen-bond acceptors (Lipinski definition) is 9. The van der Waals surface area contributed by atoms with Crippen molar-refractivity contribution >= 4 is 39.7 Å². The molecule has 0 spiro atoms. The number of nitrogens with zero attached hydrogens (tertiary/aromatic N) is 4. The topological polar surface area (TPSA) is 108 Å². The number of carbonyl (C=O) groups excluding carboxylic acids is 1. The van der Waals surface area contributed by atoms with Gasteiger partial charge in [0.1, 0.15) is 11.5 Å². The number of fused-ring (bicyclic) bond motifs is 1. The van der Waals surface area contributed by atoms with Gasteiger partial charge < -0.3 is 14.8 Å². The fraction of sp³-hybridized carbons (Fsp3) is 0.150. The molecule has 4 rings (SSSR count). The van der Waals surface area contributed by atoms with Gasteiger partial charge in [0.05, 0.1) is 20.0 Å². The van der Waals surface area contributed by atoms with Crippen molar-refractivity contribution in [3.63, 3.8) is 0 Å². The van der Waals surface area contributed by atoms with E-state index < -0.39 is 0 Å². The van der Waals surface area contributed by atoms with Gasteiger partial charge in [-0.3, -0.25) is 9.59 Å². The predicted molar refractivity (Wildman–Crippen MR) is 119 cm³/mol. The minimum atomic E-state index is -0.374. The zero-order valence-corrected chi connectivity index (χ0v) is 18.2. The Labute approximate surface area is 185 Å². The van der Waals surface area contributed by atoms with Crippen molar-refractivity contribution in [2.45, 2.75) is 4.34 Å². The Balaban J connectivity index is 1.46. The Kier molecular flexibility index (Phi) is 6.14. The van der Waals surface area contributed by atoms with Crippen molar-refractivity contribution in [3.8, 4) is 22.8 Å². The molecule has 0 fully saturated rings. The molecular weight excluding hydrogens is 438 g/mol. The number of nitrogens with one attached hydrogen (secondary N) is 1. The Morgan fingerprint density at radius 2 is 1.68 bits per heavy atom. The van der Waals surface area contributed by atoms with Crippen LogP contribution in [0.5, 0.6) is 11.5 Å². The molecule has 0 bridgehead atoms. The number of amides is 1. The number of carbonyl (C=O) groups is 1. The van der Waals surface area contributed by atoms with Crippen molar-refractivity contribution in [1.82, 2.24) is 19.8 Å². The van der Waals surface area contributed by atoms with Crippen LogP contribution in [-0.4, -0.2) is 45.7 Å². The Morgan fingerprint density at radius 1 is 1.03 bits per heavy atom. The first-order valence-corrected chi connectivity index (χ1v) is 10.9. The normalized spacial score (nSPS) is 10.8. The highest BCUT2D eigenvalue weighted by Gasteiger charge is 2.15. The molecule has 2 aromatic carbocycles.